The van der Waals surface area contributed by atoms with Crippen molar-refractivity contribution in [3.63, 3.8) is 0 Å². The number of H-pyrrole nitrogens is 1. The van der Waals surface area contributed by atoms with Gasteiger partial charge in [0.1, 0.15) is 5.69 Å². The number of fused-ring (bicyclic) bond motifs is 1. The van der Waals surface area contributed by atoms with E-state index in [2.05, 4.69) is 15.3 Å². The van der Waals surface area contributed by atoms with Gasteiger partial charge in [-0.05, 0) is 12.5 Å². The minimum atomic E-state index is -0.722. The molecule has 0 spiro atoms. The first-order valence-corrected chi connectivity index (χ1v) is 9.39. The first-order valence-electron chi connectivity index (χ1n) is 9.39. The zero-order chi connectivity index (χ0) is 19.6. The molecule has 0 saturated carbocycles. The number of pyridine rings is 1. The van der Waals surface area contributed by atoms with E-state index in [1.54, 1.807) is 29.6 Å². The first-order chi connectivity index (χ1) is 13.6. The highest BCUT2D eigenvalue weighted by atomic mass is 16.5. The number of hydrogen-bond acceptors (Lipinski definition) is 5. The smallest absolute Gasteiger partial charge is 0.270 e. The summed E-state index contributed by atoms with van der Waals surface area (Å²) in [5.74, 6) is -0.377. The van der Waals surface area contributed by atoms with E-state index in [1.807, 2.05) is 10.8 Å². The van der Waals surface area contributed by atoms with Crippen molar-refractivity contribution in [3.05, 3.63) is 53.0 Å². The molecule has 2 aromatic heterocycles. The van der Waals surface area contributed by atoms with Crippen LogP contribution >= 0.6 is 0 Å². The molecule has 2 atom stereocenters. The number of rotatable bonds is 6. The van der Waals surface area contributed by atoms with Gasteiger partial charge in [-0.25, -0.2) is 4.98 Å². The molecule has 2 N–H and O–H groups in total. The Morgan fingerprint density at radius 1 is 1.39 bits per heavy atom. The second-order valence-electron chi connectivity index (χ2n) is 7.39. The Balaban J connectivity index is 1.38. The lowest BCUT2D eigenvalue weighted by Crippen LogP contribution is -2.47. The van der Waals surface area contributed by atoms with Crippen LogP contribution in [0.25, 0.3) is 0 Å². The molecule has 0 bridgehead atoms. The van der Waals surface area contributed by atoms with Crippen molar-refractivity contribution in [1.29, 1.82) is 0 Å². The zero-order valence-corrected chi connectivity index (χ0v) is 15.5. The molecule has 0 unspecified atom stereocenters. The molecule has 2 aliphatic rings. The van der Waals surface area contributed by atoms with Crippen molar-refractivity contribution in [3.8, 4) is 0 Å². The van der Waals surface area contributed by atoms with E-state index in [1.165, 1.54) is 6.07 Å². The fourth-order valence-electron chi connectivity index (χ4n) is 4.01. The van der Waals surface area contributed by atoms with Gasteiger partial charge in [0, 0.05) is 50.6 Å². The van der Waals surface area contributed by atoms with Crippen LogP contribution in [-0.2, 0) is 16.1 Å². The van der Waals surface area contributed by atoms with Crippen LogP contribution < -0.4 is 10.9 Å². The van der Waals surface area contributed by atoms with Crippen molar-refractivity contribution in [1.82, 2.24) is 24.8 Å². The largest absolute Gasteiger partial charge is 0.380 e. The fraction of sp³-hybridized carbons (Fsp3) is 0.474. The van der Waals surface area contributed by atoms with Gasteiger partial charge in [0.05, 0.1) is 25.0 Å². The molecule has 9 heteroatoms. The lowest BCUT2D eigenvalue weighted by molar-refractivity contribution is -0.131. The molecule has 2 fully saturated rings. The molecule has 9 nitrogen and oxygen atoms in total. The van der Waals surface area contributed by atoms with E-state index < -0.39 is 5.41 Å². The summed E-state index contributed by atoms with van der Waals surface area (Å²) < 4.78 is 7.55. The maximum atomic E-state index is 13.0. The Kier molecular flexibility index (Phi) is 4.99. The summed E-state index contributed by atoms with van der Waals surface area (Å²) in [6, 6.07) is 4.49. The lowest BCUT2D eigenvalue weighted by atomic mass is 9.80. The number of hydrogen-bond donors (Lipinski definition) is 2. The molecule has 0 radical (unpaired) electrons. The van der Waals surface area contributed by atoms with Crippen LogP contribution in [-0.4, -0.2) is 64.1 Å². The van der Waals surface area contributed by atoms with Gasteiger partial charge in [-0.15, -0.1) is 0 Å². The number of aromatic nitrogens is 3. The summed E-state index contributed by atoms with van der Waals surface area (Å²) in [7, 11) is 0. The van der Waals surface area contributed by atoms with Gasteiger partial charge in [0.15, 0.2) is 0 Å². The number of amides is 2. The summed E-state index contributed by atoms with van der Waals surface area (Å²) >= 11 is 0. The summed E-state index contributed by atoms with van der Waals surface area (Å²) in [5.41, 5.74) is -0.803. The van der Waals surface area contributed by atoms with Crippen LogP contribution in [0.5, 0.6) is 0 Å². The molecule has 0 aliphatic carbocycles. The predicted molar refractivity (Wildman–Crippen MR) is 99.6 cm³/mol. The Labute approximate surface area is 161 Å². The average Bonchev–Trinajstić information content (AvgIpc) is 3.40. The van der Waals surface area contributed by atoms with Gasteiger partial charge in [-0.3, -0.25) is 14.4 Å². The molecule has 148 valence electrons. The Morgan fingerprint density at radius 2 is 2.29 bits per heavy atom. The normalized spacial score (nSPS) is 23.6. The van der Waals surface area contributed by atoms with E-state index >= 15 is 0 Å². The molecule has 4 heterocycles. The number of likely N-dealkylation sites (tertiary alicyclic amines) is 1. The number of nitrogens with zero attached hydrogens (tertiary/aromatic N) is 3. The predicted octanol–water partition coefficient (Wildman–Crippen LogP) is -0.133. The number of carbonyl (C=O) groups is 2. The highest BCUT2D eigenvalue weighted by Gasteiger charge is 2.56. The molecule has 4 rings (SSSR count). The van der Waals surface area contributed by atoms with Crippen LogP contribution in [0.1, 0.15) is 16.9 Å². The number of carbonyl (C=O) groups excluding carboxylic acids is 2. The summed E-state index contributed by atoms with van der Waals surface area (Å²) in [4.78, 5) is 45.4. The van der Waals surface area contributed by atoms with E-state index in [0.29, 0.717) is 32.8 Å². The number of imidazole rings is 1. The van der Waals surface area contributed by atoms with Crippen molar-refractivity contribution in [2.45, 2.75) is 13.0 Å². The third kappa shape index (κ3) is 3.45. The maximum Gasteiger partial charge on any atom is 0.270 e. The van der Waals surface area contributed by atoms with Crippen LogP contribution in [0.15, 0.2) is 41.7 Å². The molecule has 0 aromatic carbocycles. The molecular weight excluding hydrogens is 362 g/mol. The van der Waals surface area contributed by atoms with Crippen molar-refractivity contribution in [2.75, 3.05) is 32.8 Å². The molecule has 2 saturated heterocycles. The molecule has 28 heavy (non-hydrogen) atoms. The highest BCUT2D eigenvalue weighted by Crippen LogP contribution is 2.41. The van der Waals surface area contributed by atoms with E-state index in [4.69, 9.17) is 4.74 Å². The monoisotopic (exact) mass is 385 g/mol. The standard InChI is InChI=1S/C19H23N5O4/c25-16-4-1-3-15(22-16)17(26)24-9-14-10-28-12-19(14,11-24)18(27)21-5-2-7-23-8-6-20-13-23/h1,3-4,6,8,13-14H,2,5,7,9-12H2,(H,21,27)(H,22,25)/t14-,19-/m0/s1. The summed E-state index contributed by atoms with van der Waals surface area (Å²) in [6.45, 7) is 2.82. The molecular formula is C19H23N5O4. The van der Waals surface area contributed by atoms with Gasteiger partial charge in [0.25, 0.3) is 5.91 Å². The first kappa shape index (κ1) is 18.4. The SMILES string of the molecule is O=C(c1cccc(=O)[nH]1)N1C[C@H]2COC[C@@]2(C(=O)NCCCn2ccnc2)C1. The fourth-order valence-corrected chi connectivity index (χ4v) is 4.01. The molecule has 2 amide bonds. The maximum absolute atomic E-state index is 13.0. The lowest BCUT2D eigenvalue weighted by Gasteiger charge is -2.26. The quantitative estimate of drug-likeness (QED) is 0.673. The second-order valence-corrected chi connectivity index (χ2v) is 7.39. The van der Waals surface area contributed by atoms with Crippen LogP contribution in [0.2, 0.25) is 0 Å². The van der Waals surface area contributed by atoms with E-state index in [0.717, 1.165) is 13.0 Å². The second kappa shape index (κ2) is 7.59. The Bertz CT molecular complexity index is 909. The molecule has 2 aromatic rings. The minimum absolute atomic E-state index is 0.0412. The number of aromatic amines is 1. The van der Waals surface area contributed by atoms with Crippen molar-refractivity contribution < 1.29 is 14.3 Å². The zero-order valence-electron chi connectivity index (χ0n) is 15.5. The van der Waals surface area contributed by atoms with Gasteiger partial charge in [-0.2, -0.15) is 0 Å². The minimum Gasteiger partial charge on any atom is -0.380 e. The van der Waals surface area contributed by atoms with Gasteiger partial charge in [0.2, 0.25) is 11.5 Å². The highest BCUT2D eigenvalue weighted by molar-refractivity contribution is 5.94. The molecule has 2 aliphatic heterocycles. The van der Waals surface area contributed by atoms with Gasteiger partial charge < -0.3 is 24.5 Å². The van der Waals surface area contributed by atoms with Gasteiger partial charge in [-0.1, -0.05) is 6.07 Å². The Hall–Kier alpha value is -2.94. The summed E-state index contributed by atoms with van der Waals surface area (Å²) in [6.07, 6.45) is 6.14. The number of aryl methyl sites for hydroxylation is 1. The Morgan fingerprint density at radius 3 is 3.07 bits per heavy atom. The van der Waals surface area contributed by atoms with E-state index in [-0.39, 0.29) is 29.0 Å². The van der Waals surface area contributed by atoms with Crippen molar-refractivity contribution >= 4 is 11.8 Å². The van der Waals surface area contributed by atoms with Crippen LogP contribution in [0.3, 0.4) is 0 Å². The average molecular weight is 385 g/mol. The van der Waals surface area contributed by atoms with Crippen molar-refractivity contribution in [2.24, 2.45) is 11.3 Å². The van der Waals surface area contributed by atoms with E-state index in [9.17, 15) is 14.4 Å². The van der Waals surface area contributed by atoms with Crippen LogP contribution in [0, 0.1) is 11.3 Å². The summed E-state index contributed by atoms with van der Waals surface area (Å²) in [5, 5.41) is 3.01. The third-order valence-corrected chi connectivity index (χ3v) is 5.55. The number of nitrogens with one attached hydrogen (secondary N) is 2. The van der Waals surface area contributed by atoms with Gasteiger partial charge >= 0.3 is 0 Å². The topological polar surface area (TPSA) is 109 Å². The number of ether oxygens (including phenoxy) is 1. The third-order valence-electron chi connectivity index (χ3n) is 5.55. The van der Waals surface area contributed by atoms with Crippen LogP contribution in [0.4, 0.5) is 0 Å².